The van der Waals surface area contributed by atoms with Crippen LogP contribution in [0.15, 0.2) is 0 Å². The molecule has 0 radical (unpaired) electrons. The summed E-state index contributed by atoms with van der Waals surface area (Å²) >= 11 is 0. The smallest absolute Gasteiger partial charge is 0.303 e. The van der Waals surface area contributed by atoms with Crippen LogP contribution in [0.25, 0.3) is 0 Å². The van der Waals surface area contributed by atoms with E-state index in [0.29, 0.717) is 0 Å². The first-order valence-electron chi connectivity index (χ1n) is 9.28. The lowest BCUT2D eigenvalue weighted by Crippen LogP contribution is -2.56. The predicted molar refractivity (Wildman–Crippen MR) is 105 cm³/mol. The molecule has 9 nitrogen and oxygen atoms in total. The second kappa shape index (κ2) is 11.2. The van der Waals surface area contributed by atoms with Gasteiger partial charge in [-0.1, -0.05) is 0 Å². The van der Waals surface area contributed by atoms with Gasteiger partial charge in [-0.05, 0) is 48.0 Å². The summed E-state index contributed by atoms with van der Waals surface area (Å²) in [7, 11) is 0. The first-order chi connectivity index (χ1) is 12.2. The minimum Gasteiger partial charge on any atom is -0.481 e. The third kappa shape index (κ3) is 13.2. The zero-order valence-corrected chi connectivity index (χ0v) is 17.4. The van der Waals surface area contributed by atoms with Gasteiger partial charge in [0, 0.05) is 37.1 Å². The van der Waals surface area contributed by atoms with Gasteiger partial charge in [0.05, 0.1) is 12.1 Å². The fraction of sp³-hybridized carbons (Fsp3) is 0.833. The molecule has 0 saturated heterocycles. The Morgan fingerprint density at radius 3 is 1.63 bits per heavy atom. The number of carbonyl (C=O) groups is 3. The number of nitrogens with two attached hydrogens (primary N) is 1. The molecule has 7 N–H and O–H groups in total. The summed E-state index contributed by atoms with van der Waals surface area (Å²) in [4.78, 5) is 35.3. The summed E-state index contributed by atoms with van der Waals surface area (Å²) in [5.41, 5.74) is 5.06. The molecule has 158 valence electrons. The van der Waals surface area contributed by atoms with Crippen LogP contribution in [-0.4, -0.2) is 65.7 Å². The molecule has 2 atom stereocenters. The Kier molecular flexibility index (Phi) is 10.5. The van der Waals surface area contributed by atoms with Crippen LogP contribution < -0.4 is 27.0 Å². The van der Waals surface area contributed by atoms with E-state index in [2.05, 4.69) is 21.3 Å². The number of hydrogen-bond donors (Lipinski definition) is 6. The molecule has 0 aliphatic rings. The molecule has 0 aliphatic carbocycles. The molecule has 0 aromatic rings. The summed E-state index contributed by atoms with van der Waals surface area (Å²) in [6, 6.07) is -1.12. The second-order valence-electron chi connectivity index (χ2n) is 8.64. The van der Waals surface area contributed by atoms with E-state index in [1.165, 1.54) is 0 Å². The van der Waals surface area contributed by atoms with Crippen LogP contribution in [0.4, 0.5) is 0 Å². The molecule has 0 unspecified atom stereocenters. The molecule has 0 saturated carbocycles. The summed E-state index contributed by atoms with van der Waals surface area (Å²) < 4.78 is 0. The number of hydrogen-bond acceptors (Lipinski definition) is 6. The lowest BCUT2D eigenvalue weighted by atomic mass is 10.0. The molecule has 27 heavy (non-hydrogen) atoms. The van der Waals surface area contributed by atoms with E-state index in [4.69, 9.17) is 10.8 Å². The Labute approximate surface area is 162 Å². The van der Waals surface area contributed by atoms with Gasteiger partial charge in [-0.25, -0.2) is 0 Å². The Bertz CT molecular complexity index is 497. The van der Waals surface area contributed by atoms with Crippen molar-refractivity contribution < 1.29 is 19.5 Å². The average Bonchev–Trinajstić information content (AvgIpc) is 2.50. The van der Waals surface area contributed by atoms with Crippen molar-refractivity contribution in [2.24, 2.45) is 5.73 Å². The quantitative estimate of drug-likeness (QED) is 0.263. The minimum absolute atomic E-state index is 0.103. The number of carboxylic acid groups (broad SMARTS) is 1. The first kappa shape index (κ1) is 25.3. The highest BCUT2D eigenvalue weighted by Gasteiger charge is 2.25. The average molecular weight is 388 g/mol. The Hall–Kier alpha value is -1.71. The monoisotopic (exact) mass is 387 g/mol. The highest BCUT2D eigenvalue weighted by Crippen LogP contribution is 2.06. The molecule has 0 aromatic carbocycles. The number of carbonyl (C=O) groups excluding carboxylic acids is 2. The van der Waals surface area contributed by atoms with Crippen molar-refractivity contribution >= 4 is 17.8 Å². The topological polar surface area (TPSA) is 146 Å². The van der Waals surface area contributed by atoms with Gasteiger partial charge in [0.1, 0.15) is 0 Å². The van der Waals surface area contributed by atoms with E-state index in [1.54, 1.807) is 0 Å². The Morgan fingerprint density at radius 2 is 1.26 bits per heavy atom. The molecular weight excluding hydrogens is 350 g/mol. The molecule has 0 fully saturated rings. The van der Waals surface area contributed by atoms with Gasteiger partial charge in [-0.3, -0.25) is 14.4 Å². The van der Waals surface area contributed by atoms with E-state index in [1.807, 2.05) is 41.5 Å². The highest BCUT2D eigenvalue weighted by molar-refractivity contribution is 5.83. The maximum Gasteiger partial charge on any atom is 0.303 e. The van der Waals surface area contributed by atoms with Crippen LogP contribution in [0.1, 0.15) is 54.4 Å². The van der Waals surface area contributed by atoms with Crippen LogP contribution in [0.5, 0.6) is 0 Å². The number of amides is 2. The van der Waals surface area contributed by atoms with Crippen molar-refractivity contribution in [3.8, 4) is 0 Å². The third-order valence-corrected chi connectivity index (χ3v) is 3.45. The first-order valence-corrected chi connectivity index (χ1v) is 9.28. The van der Waals surface area contributed by atoms with Gasteiger partial charge in [-0.15, -0.1) is 0 Å². The van der Waals surface area contributed by atoms with Crippen molar-refractivity contribution in [2.75, 3.05) is 19.6 Å². The van der Waals surface area contributed by atoms with E-state index in [-0.39, 0.29) is 55.4 Å². The maximum atomic E-state index is 12.3. The molecular formula is C18H37N5O4. The molecule has 0 aromatic heterocycles. The second-order valence-corrected chi connectivity index (χ2v) is 8.64. The van der Waals surface area contributed by atoms with Gasteiger partial charge in [0.25, 0.3) is 0 Å². The van der Waals surface area contributed by atoms with Crippen molar-refractivity contribution in [2.45, 2.75) is 77.5 Å². The van der Waals surface area contributed by atoms with E-state index in [0.717, 1.165) is 0 Å². The standard InChI is InChI=1S/C18H37N5O4/c1-17(2,3)22-12(7-8-14(24)25)15(26)20-9-10-21-16(27)13(11-19)23-18(4,5)6/h12-13,22-23H,7-11,19H2,1-6H3,(H,20,26)(H,21,27)(H,24,25)/t12-,13-/m0/s1. The number of carboxylic acids is 1. The lowest BCUT2D eigenvalue weighted by molar-refractivity contribution is -0.137. The molecule has 0 bridgehead atoms. The minimum atomic E-state index is -0.949. The summed E-state index contributed by atoms with van der Waals surface area (Å²) in [5, 5.41) is 20.6. The van der Waals surface area contributed by atoms with Crippen LogP contribution in [0.3, 0.4) is 0 Å². The van der Waals surface area contributed by atoms with Gasteiger partial charge in [0.15, 0.2) is 0 Å². The molecule has 2 amide bonds. The largest absolute Gasteiger partial charge is 0.481 e. The molecule has 0 heterocycles. The van der Waals surface area contributed by atoms with Crippen molar-refractivity contribution in [1.82, 2.24) is 21.3 Å². The summed E-state index contributed by atoms with van der Waals surface area (Å²) in [5.74, 6) is -1.46. The van der Waals surface area contributed by atoms with E-state index >= 15 is 0 Å². The summed E-state index contributed by atoms with van der Waals surface area (Å²) in [6.07, 6.45) is 0.0874. The van der Waals surface area contributed by atoms with E-state index in [9.17, 15) is 14.4 Å². The van der Waals surface area contributed by atoms with Gasteiger partial charge in [0.2, 0.25) is 11.8 Å². The highest BCUT2D eigenvalue weighted by atomic mass is 16.4. The Morgan fingerprint density at radius 1 is 0.852 bits per heavy atom. The van der Waals surface area contributed by atoms with Crippen molar-refractivity contribution in [1.29, 1.82) is 0 Å². The Balaban J connectivity index is 4.47. The predicted octanol–water partition coefficient (Wildman–Crippen LogP) is -0.444. The molecule has 0 rings (SSSR count). The van der Waals surface area contributed by atoms with Crippen molar-refractivity contribution in [3.63, 3.8) is 0 Å². The van der Waals surface area contributed by atoms with Crippen LogP contribution in [-0.2, 0) is 14.4 Å². The van der Waals surface area contributed by atoms with Crippen LogP contribution in [0.2, 0.25) is 0 Å². The van der Waals surface area contributed by atoms with Gasteiger partial charge < -0.3 is 32.1 Å². The number of aliphatic carboxylic acids is 1. The normalized spacial score (nSPS) is 14.3. The van der Waals surface area contributed by atoms with Crippen molar-refractivity contribution in [3.05, 3.63) is 0 Å². The third-order valence-electron chi connectivity index (χ3n) is 3.45. The number of rotatable bonds is 11. The van der Waals surface area contributed by atoms with E-state index < -0.39 is 18.1 Å². The van der Waals surface area contributed by atoms with Gasteiger partial charge in [-0.2, -0.15) is 0 Å². The fourth-order valence-corrected chi connectivity index (χ4v) is 2.43. The fourth-order valence-electron chi connectivity index (χ4n) is 2.43. The lowest BCUT2D eigenvalue weighted by Gasteiger charge is -2.28. The molecule has 0 aliphatic heterocycles. The molecule has 9 heteroatoms. The maximum absolute atomic E-state index is 12.3. The SMILES string of the molecule is CC(C)(C)N[C@@H](CN)C(=O)NCCNC(=O)[C@H](CCC(=O)O)NC(C)(C)C. The molecule has 0 spiro atoms. The van der Waals surface area contributed by atoms with Crippen LogP contribution in [0, 0.1) is 0 Å². The summed E-state index contributed by atoms with van der Waals surface area (Å²) in [6.45, 7) is 12.2. The van der Waals surface area contributed by atoms with Gasteiger partial charge >= 0.3 is 5.97 Å². The zero-order valence-electron chi connectivity index (χ0n) is 17.4. The number of nitrogens with one attached hydrogen (secondary N) is 4. The zero-order chi connectivity index (χ0) is 21.3. The van der Waals surface area contributed by atoms with Crippen LogP contribution >= 0.6 is 0 Å².